The van der Waals surface area contributed by atoms with Gasteiger partial charge in [-0.25, -0.2) is 0 Å². The molecular formula is C29H39ClN2O6. The first-order chi connectivity index (χ1) is 18.1. The van der Waals surface area contributed by atoms with E-state index in [9.17, 15) is 4.79 Å². The van der Waals surface area contributed by atoms with Crippen LogP contribution in [0, 0.1) is 5.92 Å². The number of ether oxygens (including phenoxy) is 5. The lowest BCUT2D eigenvalue weighted by molar-refractivity contribution is 0.0729. The third-order valence-electron chi connectivity index (χ3n) is 7.65. The summed E-state index contributed by atoms with van der Waals surface area (Å²) in [5, 5.41) is 0. The highest BCUT2D eigenvalue weighted by Gasteiger charge is 2.27. The second-order valence-corrected chi connectivity index (χ2v) is 10.1. The largest absolute Gasteiger partial charge is 0.493 e. The molecule has 9 heteroatoms. The fourth-order valence-corrected chi connectivity index (χ4v) is 5.67. The lowest BCUT2D eigenvalue weighted by atomic mass is 9.92. The van der Waals surface area contributed by atoms with Crippen molar-refractivity contribution in [1.29, 1.82) is 0 Å². The summed E-state index contributed by atoms with van der Waals surface area (Å²) in [5.41, 5.74) is 1.79. The van der Waals surface area contributed by atoms with Crippen LogP contribution >= 0.6 is 12.4 Å². The Morgan fingerprint density at radius 2 is 1.79 bits per heavy atom. The molecule has 0 bridgehead atoms. The zero-order valence-electron chi connectivity index (χ0n) is 22.4. The summed E-state index contributed by atoms with van der Waals surface area (Å²) in [6, 6.07) is 9.51. The molecule has 0 aromatic heterocycles. The van der Waals surface area contributed by atoms with Gasteiger partial charge in [-0.15, -0.1) is 12.4 Å². The number of carbonyl (C=O) groups excluding carboxylic acids is 1. The molecule has 3 heterocycles. The van der Waals surface area contributed by atoms with Crippen molar-refractivity contribution in [2.45, 2.75) is 38.5 Å². The highest BCUT2D eigenvalue weighted by atomic mass is 35.5. The highest BCUT2D eigenvalue weighted by Crippen LogP contribution is 2.35. The maximum Gasteiger partial charge on any atom is 0.254 e. The molecule has 208 valence electrons. The van der Waals surface area contributed by atoms with Crippen LogP contribution in [0.2, 0.25) is 0 Å². The van der Waals surface area contributed by atoms with Gasteiger partial charge in [0, 0.05) is 37.8 Å². The minimum atomic E-state index is 0. The molecule has 5 rings (SSSR count). The van der Waals surface area contributed by atoms with E-state index in [1.807, 2.05) is 35.2 Å². The van der Waals surface area contributed by atoms with Crippen molar-refractivity contribution in [3.8, 4) is 28.7 Å². The number of methoxy groups -OCH3 is 2. The molecule has 3 aliphatic rings. The molecule has 0 N–H and O–H groups in total. The predicted molar refractivity (Wildman–Crippen MR) is 147 cm³/mol. The van der Waals surface area contributed by atoms with Crippen LogP contribution in [-0.2, 0) is 6.42 Å². The normalized spacial score (nSPS) is 18.5. The fourth-order valence-electron chi connectivity index (χ4n) is 5.67. The molecule has 1 saturated heterocycles. The van der Waals surface area contributed by atoms with E-state index in [0.29, 0.717) is 24.0 Å². The van der Waals surface area contributed by atoms with Crippen molar-refractivity contribution in [3.05, 3.63) is 41.5 Å². The molecule has 0 radical (unpaired) electrons. The Bertz CT molecular complexity index is 1100. The van der Waals surface area contributed by atoms with E-state index in [4.69, 9.17) is 23.7 Å². The monoisotopic (exact) mass is 546 g/mol. The molecule has 2 aromatic carbocycles. The second-order valence-electron chi connectivity index (χ2n) is 10.1. The van der Waals surface area contributed by atoms with Gasteiger partial charge in [-0.3, -0.25) is 4.79 Å². The Hall–Kier alpha value is -2.84. The number of hydrogen-bond acceptors (Lipinski definition) is 7. The molecule has 1 atom stereocenters. The molecule has 1 fully saturated rings. The number of carbonyl (C=O) groups is 1. The molecule has 0 saturated carbocycles. The smallest absolute Gasteiger partial charge is 0.254 e. The van der Waals surface area contributed by atoms with Gasteiger partial charge in [-0.1, -0.05) is 0 Å². The number of hydrogen-bond donors (Lipinski definition) is 0. The van der Waals surface area contributed by atoms with Crippen LogP contribution in [0.5, 0.6) is 28.7 Å². The van der Waals surface area contributed by atoms with Gasteiger partial charge in [0.1, 0.15) is 5.75 Å². The number of halogens is 1. The van der Waals surface area contributed by atoms with Crippen molar-refractivity contribution in [1.82, 2.24) is 9.80 Å². The Morgan fingerprint density at radius 3 is 2.63 bits per heavy atom. The molecule has 1 amide bonds. The van der Waals surface area contributed by atoms with Crippen LogP contribution in [0.3, 0.4) is 0 Å². The van der Waals surface area contributed by atoms with Gasteiger partial charge >= 0.3 is 0 Å². The number of fused-ring (bicyclic) bond motifs is 2. The van der Waals surface area contributed by atoms with Crippen LogP contribution in [0.1, 0.15) is 48.0 Å². The van der Waals surface area contributed by atoms with Crippen molar-refractivity contribution >= 4 is 18.3 Å². The van der Waals surface area contributed by atoms with Crippen molar-refractivity contribution in [2.24, 2.45) is 5.92 Å². The van der Waals surface area contributed by atoms with Gasteiger partial charge in [-0.2, -0.15) is 0 Å². The van der Waals surface area contributed by atoms with Gasteiger partial charge in [0.15, 0.2) is 23.0 Å². The topological polar surface area (TPSA) is 69.7 Å². The number of likely N-dealkylation sites (tertiary alicyclic amines) is 1. The minimum absolute atomic E-state index is 0. The third-order valence-corrected chi connectivity index (χ3v) is 7.65. The van der Waals surface area contributed by atoms with Gasteiger partial charge in [-0.05, 0) is 80.8 Å². The maximum absolute atomic E-state index is 13.1. The van der Waals surface area contributed by atoms with E-state index in [0.717, 1.165) is 86.8 Å². The van der Waals surface area contributed by atoms with Crippen LogP contribution in [0.4, 0.5) is 0 Å². The summed E-state index contributed by atoms with van der Waals surface area (Å²) < 4.78 is 27.5. The summed E-state index contributed by atoms with van der Waals surface area (Å²) in [5.74, 6) is 4.46. The quantitative estimate of drug-likeness (QED) is 0.374. The third kappa shape index (κ3) is 6.59. The number of nitrogens with zero attached hydrogens (tertiary/aromatic N) is 2. The number of benzene rings is 2. The Kier molecular flexibility index (Phi) is 9.86. The van der Waals surface area contributed by atoms with Gasteiger partial charge < -0.3 is 33.5 Å². The Labute approximate surface area is 231 Å². The summed E-state index contributed by atoms with van der Waals surface area (Å²) in [6.45, 7) is 5.89. The summed E-state index contributed by atoms with van der Waals surface area (Å²) in [4.78, 5) is 17.7. The first kappa shape index (κ1) is 28.2. The van der Waals surface area contributed by atoms with Gasteiger partial charge in [0.2, 0.25) is 6.79 Å². The van der Waals surface area contributed by atoms with Crippen LogP contribution in [0.25, 0.3) is 0 Å². The van der Waals surface area contributed by atoms with Gasteiger partial charge in [0.25, 0.3) is 5.91 Å². The average Bonchev–Trinajstić information content (AvgIpc) is 3.40. The molecule has 2 aromatic rings. The van der Waals surface area contributed by atoms with Crippen molar-refractivity contribution in [3.63, 3.8) is 0 Å². The molecule has 3 aliphatic heterocycles. The molecule has 8 nitrogen and oxygen atoms in total. The number of piperidine rings is 1. The fraction of sp³-hybridized carbons (Fsp3) is 0.552. The van der Waals surface area contributed by atoms with E-state index in [1.165, 1.54) is 12.8 Å². The number of rotatable bonds is 11. The zero-order chi connectivity index (χ0) is 25.6. The van der Waals surface area contributed by atoms with Crippen molar-refractivity contribution < 1.29 is 28.5 Å². The van der Waals surface area contributed by atoms with E-state index < -0.39 is 0 Å². The Morgan fingerprint density at radius 1 is 0.974 bits per heavy atom. The SMILES string of the molecule is COc1cc2c(cc1OC)C(=O)N(CCCC1CCCN(CCCOc3ccc4c(c3)OCO4)C1)CC2.Cl. The lowest BCUT2D eigenvalue weighted by Crippen LogP contribution is -2.39. The van der Waals surface area contributed by atoms with Crippen LogP contribution in [0.15, 0.2) is 30.3 Å². The molecule has 38 heavy (non-hydrogen) atoms. The minimum Gasteiger partial charge on any atom is -0.493 e. The lowest BCUT2D eigenvalue weighted by Gasteiger charge is -2.34. The summed E-state index contributed by atoms with van der Waals surface area (Å²) in [7, 11) is 3.23. The molecular weight excluding hydrogens is 508 g/mol. The summed E-state index contributed by atoms with van der Waals surface area (Å²) >= 11 is 0. The van der Waals surface area contributed by atoms with Crippen LogP contribution in [-0.4, -0.2) is 76.1 Å². The maximum atomic E-state index is 13.1. The van der Waals surface area contributed by atoms with E-state index in [1.54, 1.807) is 14.2 Å². The van der Waals surface area contributed by atoms with E-state index in [2.05, 4.69) is 4.90 Å². The van der Waals surface area contributed by atoms with Crippen molar-refractivity contribution in [2.75, 3.05) is 60.3 Å². The second kappa shape index (κ2) is 13.3. The first-order valence-corrected chi connectivity index (χ1v) is 13.4. The predicted octanol–water partition coefficient (Wildman–Crippen LogP) is 4.81. The van der Waals surface area contributed by atoms with E-state index in [-0.39, 0.29) is 25.1 Å². The molecule has 1 unspecified atom stereocenters. The zero-order valence-corrected chi connectivity index (χ0v) is 23.2. The average molecular weight is 547 g/mol. The van der Waals surface area contributed by atoms with E-state index >= 15 is 0 Å². The number of amides is 1. The first-order valence-electron chi connectivity index (χ1n) is 13.4. The summed E-state index contributed by atoms with van der Waals surface area (Å²) in [6.07, 6.45) is 6.57. The highest BCUT2D eigenvalue weighted by molar-refractivity contribution is 5.97. The molecule has 0 aliphatic carbocycles. The standard InChI is InChI=1S/C29H38N2O6.ClH/c1-33-26-16-22-10-14-31(29(32)24(22)18-27(26)34-2)13-4-7-21-6-3-11-30(19-21)12-5-15-35-23-8-9-25-28(17-23)37-20-36-25;/h8-9,16-18,21H,3-7,10-15,19-20H2,1-2H3;1H. The molecule has 0 spiro atoms. The van der Waals surface area contributed by atoms with Crippen LogP contribution < -0.4 is 23.7 Å². The Balaban J connectivity index is 0.00000336. The van der Waals surface area contributed by atoms with Gasteiger partial charge in [0.05, 0.1) is 20.8 Å².